The number of nitro groups is 1. The summed E-state index contributed by atoms with van der Waals surface area (Å²) in [5.74, 6) is 0. The molecule has 0 N–H and O–H groups in total. The fraction of sp³-hybridized carbons (Fsp3) is 0.500. The molecule has 0 aromatic carbocycles. The molecule has 0 aliphatic rings. The fourth-order valence-electron chi connectivity index (χ4n) is 0.991. The predicted octanol–water partition coefficient (Wildman–Crippen LogP) is 0.958. The molecule has 0 fully saturated rings. The molecule has 0 aliphatic heterocycles. The van der Waals surface area contributed by atoms with Crippen LogP contribution in [0.4, 0.5) is 5.69 Å². The van der Waals surface area contributed by atoms with Gasteiger partial charge in [0, 0.05) is 25.4 Å². The SMILES string of the molecule is CN(C)CCn1ccc([N+](=O)[O-])c1. The molecule has 0 amide bonds. The van der Waals surface area contributed by atoms with Gasteiger partial charge in [0.2, 0.25) is 0 Å². The van der Waals surface area contributed by atoms with E-state index in [0.29, 0.717) is 0 Å². The monoisotopic (exact) mass is 183 g/mol. The van der Waals surface area contributed by atoms with Gasteiger partial charge in [0.05, 0.1) is 11.1 Å². The van der Waals surface area contributed by atoms with Crippen LogP contribution in [0.25, 0.3) is 0 Å². The predicted molar refractivity (Wildman–Crippen MR) is 49.6 cm³/mol. The maximum absolute atomic E-state index is 10.3. The first-order valence-electron chi connectivity index (χ1n) is 4.04. The van der Waals surface area contributed by atoms with Crippen LogP contribution in [0, 0.1) is 10.1 Å². The summed E-state index contributed by atoms with van der Waals surface area (Å²) in [5, 5.41) is 10.3. The standard InChI is InChI=1S/C8H13N3O2/c1-9(2)5-6-10-4-3-8(7-10)11(12)13/h3-4,7H,5-6H2,1-2H3. The van der Waals surface area contributed by atoms with Gasteiger partial charge >= 0.3 is 0 Å². The molecule has 0 saturated carbocycles. The van der Waals surface area contributed by atoms with Crippen molar-refractivity contribution in [1.29, 1.82) is 0 Å². The Morgan fingerprint density at radius 3 is 2.77 bits per heavy atom. The first-order valence-corrected chi connectivity index (χ1v) is 4.04. The number of aromatic nitrogens is 1. The molecule has 0 bridgehead atoms. The quantitative estimate of drug-likeness (QED) is 0.516. The van der Waals surface area contributed by atoms with Crippen molar-refractivity contribution in [2.45, 2.75) is 6.54 Å². The van der Waals surface area contributed by atoms with Crippen LogP contribution in [-0.4, -0.2) is 35.0 Å². The lowest BCUT2D eigenvalue weighted by Gasteiger charge is -2.08. The summed E-state index contributed by atoms with van der Waals surface area (Å²) >= 11 is 0. The van der Waals surface area contributed by atoms with Crippen molar-refractivity contribution in [2.24, 2.45) is 0 Å². The summed E-state index contributed by atoms with van der Waals surface area (Å²) in [4.78, 5) is 12.0. The van der Waals surface area contributed by atoms with Crippen LogP contribution in [0.1, 0.15) is 0 Å². The Morgan fingerprint density at radius 1 is 1.62 bits per heavy atom. The molecule has 0 unspecified atom stereocenters. The topological polar surface area (TPSA) is 51.3 Å². The van der Waals surface area contributed by atoms with Gasteiger partial charge in [-0.3, -0.25) is 10.1 Å². The van der Waals surface area contributed by atoms with E-state index in [1.807, 2.05) is 23.6 Å². The highest BCUT2D eigenvalue weighted by atomic mass is 16.6. The second-order valence-corrected chi connectivity index (χ2v) is 3.17. The second kappa shape index (κ2) is 4.04. The molecule has 5 heteroatoms. The maximum Gasteiger partial charge on any atom is 0.286 e. The lowest BCUT2D eigenvalue weighted by Crippen LogP contribution is -2.17. The third kappa shape index (κ3) is 2.87. The molecule has 1 rings (SSSR count). The van der Waals surface area contributed by atoms with Gasteiger partial charge in [-0.2, -0.15) is 0 Å². The average Bonchev–Trinajstić information content (AvgIpc) is 2.48. The molecule has 1 aromatic rings. The van der Waals surface area contributed by atoms with Crippen molar-refractivity contribution in [3.8, 4) is 0 Å². The fourth-order valence-corrected chi connectivity index (χ4v) is 0.991. The van der Waals surface area contributed by atoms with Crippen molar-refractivity contribution in [2.75, 3.05) is 20.6 Å². The summed E-state index contributed by atoms with van der Waals surface area (Å²) < 4.78 is 1.82. The lowest BCUT2D eigenvalue weighted by molar-refractivity contribution is -0.384. The van der Waals surface area contributed by atoms with Gasteiger partial charge in [-0.1, -0.05) is 0 Å². The van der Waals surface area contributed by atoms with Gasteiger partial charge < -0.3 is 9.47 Å². The molecule has 0 atom stereocenters. The smallest absolute Gasteiger partial charge is 0.286 e. The summed E-state index contributed by atoms with van der Waals surface area (Å²) in [6.45, 7) is 1.66. The molecule has 0 aliphatic carbocycles. The molecular formula is C8H13N3O2. The zero-order valence-electron chi connectivity index (χ0n) is 7.80. The van der Waals surface area contributed by atoms with Crippen LogP contribution in [0.5, 0.6) is 0 Å². The van der Waals surface area contributed by atoms with Crippen molar-refractivity contribution < 1.29 is 4.92 Å². The Hall–Kier alpha value is -1.36. The Morgan fingerprint density at radius 2 is 2.31 bits per heavy atom. The largest absolute Gasteiger partial charge is 0.347 e. The average molecular weight is 183 g/mol. The summed E-state index contributed by atoms with van der Waals surface area (Å²) in [6, 6.07) is 1.51. The van der Waals surface area contributed by atoms with Gasteiger partial charge in [0.25, 0.3) is 5.69 Å². The van der Waals surface area contributed by atoms with E-state index in [9.17, 15) is 10.1 Å². The zero-order valence-corrected chi connectivity index (χ0v) is 7.80. The third-order valence-corrected chi connectivity index (χ3v) is 1.75. The molecule has 1 aromatic heterocycles. The van der Waals surface area contributed by atoms with Crippen LogP contribution in [0.15, 0.2) is 18.5 Å². The van der Waals surface area contributed by atoms with Crippen LogP contribution in [-0.2, 0) is 6.54 Å². The third-order valence-electron chi connectivity index (χ3n) is 1.75. The molecule has 13 heavy (non-hydrogen) atoms. The second-order valence-electron chi connectivity index (χ2n) is 3.17. The van der Waals surface area contributed by atoms with Crippen molar-refractivity contribution in [3.63, 3.8) is 0 Å². The maximum atomic E-state index is 10.3. The van der Waals surface area contributed by atoms with Gasteiger partial charge in [-0.05, 0) is 14.1 Å². The summed E-state index contributed by atoms with van der Waals surface area (Å²) in [5.41, 5.74) is 0.152. The zero-order chi connectivity index (χ0) is 9.84. The molecule has 0 saturated heterocycles. The highest BCUT2D eigenvalue weighted by molar-refractivity contribution is 5.25. The summed E-state index contributed by atoms with van der Waals surface area (Å²) in [7, 11) is 3.94. The van der Waals surface area contributed by atoms with E-state index >= 15 is 0 Å². The van der Waals surface area contributed by atoms with Crippen molar-refractivity contribution in [1.82, 2.24) is 9.47 Å². The summed E-state index contributed by atoms with van der Waals surface area (Å²) in [6.07, 6.45) is 3.27. The van der Waals surface area contributed by atoms with E-state index < -0.39 is 0 Å². The van der Waals surface area contributed by atoms with Crippen molar-refractivity contribution in [3.05, 3.63) is 28.6 Å². The molecule has 72 valence electrons. The lowest BCUT2D eigenvalue weighted by atomic mass is 10.5. The van der Waals surface area contributed by atoms with Gasteiger partial charge in [-0.15, -0.1) is 0 Å². The van der Waals surface area contributed by atoms with E-state index in [1.165, 1.54) is 6.07 Å². The number of likely N-dealkylation sites (N-methyl/N-ethyl adjacent to an activating group) is 1. The Labute approximate surface area is 76.7 Å². The molecule has 0 radical (unpaired) electrons. The minimum atomic E-state index is -0.383. The Kier molecular flexibility index (Phi) is 3.02. The van der Waals surface area contributed by atoms with Gasteiger partial charge in [-0.25, -0.2) is 0 Å². The number of hydrogen-bond acceptors (Lipinski definition) is 3. The van der Waals surface area contributed by atoms with E-state index in [1.54, 1.807) is 12.4 Å². The first-order chi connectivity index (χ1) is 6.09. The van der Waals surface area contributed by atoms with Gasteiger partial charge in [0.15, 0.2) is 0 Å². The number of hydrogen-bond donors (Lipinski definition) is 0. The van der Waals surface area contributed by atoms with Crippen LogP contribution in [0.2, 0.25) is 0 Å². The highest BCUT2D eigenvalue weighted by Gasteiger charge is 2.06. The molecule has 0 spiro atoms. The Balaban J connectivity index is 2.54. The van der Waals surface area contributed by atoms with Crippen LogP contribution in [0.3, 0.4) is 0 Å². The highest BCUT2D eigenvalue weighted by Crippen LogP contribution is 2.10. The van der Waals surface area contributed by atoms with Crippen LogP contribution < -0.4 is 0 Å². The molecule has 5 nitrogen and oxygen atoms in total. The van der Waals surface area contributed by atoms with E-state index in [4.69, 9.17) is 0 Å². The van der Waals surface area contributed by atoms with E-state index in [2.05, 4.69) is 0 Å². The molecule has 1 heterocycles. The van der Waals surface area contributed by atoms with E-state index in [-0.39, 0.29) is 10.6 Å². The number of rotatable bonds is 4. The first kappa shape index (κ1) is 9.73. The normalized spacial score (nSPS) is 10.7. The Bertz CT molecular complexity index is 293. The van der Waals surface area contributed by atoms with Crippen molar-refractivity contribution >= 4 is 5.69 Å². The van der Waals surface area contributed by atoms with Crippen LogP contribution >= 0.6 is 0 Å². The minimum absolute atomic E-state index is 0.152. The molecular weight excluding hydrogens is 170 g/mol. The van der Waals surface area contributed by atoms with E-state index in [0.717, 1.165) is 13.1 Å². The minimum Gasteiger partial charge on any atom is -0.347 e. The van der Waals surface area contributed by atoms with Gasteiger partial charge in [0.1, 0.15) is 0 Å². The number of nitrogens with zero attached hydrogens (tertiary/aromatic N) is 3.